The van der Waals surface area contributed by atoms with Crippen LogP contribution in [0.1, 0.15) is 105 Å². The number of carbonyl (C=O) groups is 5. The van der Waals surface area contributed by atoms with Gasteiger partial charge in [-0.2, -0.15) is 0 Å². The number of nitrogens with zero attached hydrogens (tertiary/aromatic N) is 3. The first-order chi connectivity index (χ1) is 21.2. The van der Waals surface area contributed by atoms with Gasteiger partial charge < -0.3 is 30.3 Å². The minimum Gasteiger partial charge on any atom is -0.460 e. The van der Waals surface area contributed by atoms with Gasteiger partial charge in [-0.15, -0.1) is 0 Å². The molecule has 256 valence electrons. The molecule has 4 atom stereocenters. The maximum absolute atomic E-state index is 14.0. The van der Waals surface area contributed by atoms with E-state index in [2.05, 4.69) is 25.9 Å². The van der Waals surface area contributed by atoms with Crippen molar-refractivity contribution in [2.24, 2.45) is 17.3 Å². The van der Waals surface area contributed by atoms with Gasteiger partial charge in [0.25, 0.3) is 5.91 Å². The van der Waals surface area contributed by atoms with Crippen LogP contribution in [0.5, 0.6) is 0 Å². The second-order valence-electron chi connectivity index (χ2n) is 15.4. The van der Waals surface area contributed by atoms with Crippen molar-refractivity contribution in [3.05, 3.63) is 24.3 Å². The van der Waals surface area contributed by atoms with Crippen molar-refractivity contribution < 1.29 is 33.4 Å². The van der Waals surface area contributed by atoms with E-state index >= 15 is 0 Å². The molecular formula is C33H52N6O7. The van der Waals surface area contributed by atoms with Crippen LogP contribution in [0.2, 0.25) is 0 Å². The van der Waals surface area contributed by atoms with E-state index in [0.29, 0.717) is 0 Å². The van der Waals surface area contributed by atoms with Crippen LogP contribution in [0.4, 0.5) is 4.79 Å². The highest BCUT2D eigenvalue weighted by Crippen LogP contribution is 2.29. The molecule has 1 aromatic heterocycles. The zero-order valence-electron chi connectivity index (χ0n) is 28.8. The van der Waals surface area contributed by atoms with Gasteiger partial charge in [0.1, 0.15) is 29.0 Å². The molecule has 1 saturated carbocycles. The minimum atomic E-state index is -1.03. The molecular weight excluding hydrogens is 592 g/mol. The fourth-order valence-corrected chi connectivity index (χ4v) is 5.71. The SMILES string of the molecule is CC(C)(C)OC(=O)[C@@H]1CN(C(=O)OC(C)(C)C)C[C@@H]1NC(=O)[C@@H](NC(=O)[C@@H](NC(=O)c1cnccn1)C1CCCCC1)C(C)(C)C. The molecule has 46 heavy (non-hydrogen) atoms. The summed E-state index contributed by atoms with van der Waals surface area (Å²) >= 11 is 0. The first-order valence-electron chi connectivity index (χ1n) is 16.1. The van der Waals surface area contributed by atoms with Gasteiger partial charge in [-0.05, 0) is 65.7 Å². The van der Waals surface area contributed by atoms with Gasteiger partial charge in [-0.3, -0.25) is 24.2 Å². The second-order valence-corrected chi connectivity index (χ2v) is 15.4. The van der Waals surface area contributed by atoms with E-state index in [-0.39, 0.29) is 24.7 Å². The van der Waals surface area contributed by atoms with Crippen LogP contribution in [0.25, 0.3) is 0 Å². The number of rotatable bonds is 8. The molecule has 13 nitrogen and oxygen atoms in total. The van der Waals surface area contributed by atoms with Gasteiger partial charge in [-0.25, -0.2) is 9.78 Å². The van der Waals surface area contributed by atoms with E-state index in [9.17, 15) is 24.0 Å². The third-order valence-corrected chi connectivity index (χ3v) is 7.91. The van der Waals surface area contributed by atoms with Crippen LogP contribution >= 0.6 is 0 Å². The van der Waals surface area contributed by atoms with Crippen molar-refractivity contribution in [2.45, 2.75) is 124 Å². The molecule has 0 bridgehead atoms. The van der Waals surface area contributed by atoms with Gasteiger partial charge >= 0.3 is 12.1 Å². The van der Waals surface area contributed by atoms with Crippen molar-refractivity contribution in [2.75, 3.05) is 13.1 Å². The predicted octanol–water partition coefficient (Wildman–Crippen LogP) is 3.38. The van der Waals surface area contributed by atoms with Gasteiger partial charge in [0.15, 0.2) is 0 Å². The van der Waals surface area contributed by atoms with E-state index in [1.54, 1.807) is 41.5 Å². The molecule has 13 heteroatoms. The Bertz CT molecular complexity index is 1250. The van der Waals surface area contributed by atoms with Gasteiger partial charge in [0.2, 0.25) is 11.8 Å². The molecule has 2 fully saturated rings. The van der Waals surface area contributed by atoms with E-state index in [1.165, 1.54) is 23.5 Å². The monoisotopic (exact) mass is 644 g/mol. The largest absolute Gasteiger partial charge is 0.460 e. The average molecular weight is 645 g/mol. The molecule has 4 amide bonds. The molecule has 1 aromatic rings. The summed E-state index contributed by atoms with van der Waals surface area (Å²) in [5.74, 6) is -3.05. The summed E-state index contributed by atoms with van der Waals surface area (Å²) in [5, 5.41) is 8.69. The first kappa shape index (κ1) is 36.7. The number of esters is 1. The standard InChI is InChI=1S/C33H52N6O7/c1-31(2,3)25(38-27(41)24(20-13-11-10-12-14-20)37-26(40)22-17-34-15-16-35-22)28(42)36-23-19-39(30(44)46-33(7,8)9)18-21(23)29(43)45-32(4,5)6/h15-17,20-21,23-25H,10-14,18-19H2,1-9H3,(H,36,42)(H,37,40)(H,38,41)/t21-,23+,24+,25-/m1/s1. The summed E-state index contributed by atoms with van der Waals surface area (Å²) in [7, 11) is 0. The Kier molecular flexibility index (Phi) is 11.8. The van der Waals surface area contributed by atoms with Crippen LogP contribution in [0.15, 0.2) is 18.6 Å². The van der Waals surface area contributed by atoms with Gasteiger partial charge in [-0.1, -0.05) is 40.0 Å². The number of hydrogen-bond donors (Lipinski definition) is 3. The predicted molar refractivity (Wildman–Crippen MR) is 170 cm³/mol. The number of nitrogens with one attached hydrogen (secondary N) is 3. The van der Waals surface area contributed by atoms with Crippen molar-refractivity contribution in [1.29, 1.82) is 0 Å². The van der Waals surface area contributed by atoms with Crippen LogP contribution in [0.3, 0.4) is 0 Å². The second kappa shape index (κ2) is 14.8. The van der Waals surface area contributed by atoms with Crippen molar-refractivity contribution in [3.63, 3.8) is 0 Å². The number of likely N-dealkylation sites (tertiary alicyclic amines) is 1. The van der Waals surface area contributed by atoms with Crippen molar-refractivity contribution >= 4 is 29.8 Å². The van der Waals surface area contributed by atoms with Crippen LogP contribution in [0, 0.1) is 17.3 Å². The zero-order valence-corrected chi connectivity index (χ0v) is 28.8. The molecule has 1 aliphatic carbocycles. The summed E-state index contributed by atoms with van der Waals surface area (Å²) in [6.45, 7) is 16.0. The highest BCUT2D eigenvalue weighted by atomic mass is 16.6. The third-order valence-electron chi connectivity index (χ3n) is 7.91. The molecule has 2 aliphatic rings. The molecule has 2 heterocycles. The number of amides is 4. The molecule has 0 radical (unpaired) electrons. The van der Waals surface area contributed by atoms with Gasteiger partial charge in [0, 0.05) is 25.5 Å². The lowest BCUT2D eigenvalue weighted by atomic mass is 9.82. The molecule has 0 aromatic carbocycles. The Morgan fingerprint density at radius 3 is 2.00 bits per heavy atom. The van der Waals surface area contributed by atoms with Crippen molar-refractivity contribution in [1.82, 2.24) is 30.8 Å². The Hall–Kier alpha value is -3.77. The topological polar surface area (TPSA) is 169 Å². The zero-order chi connectivity index (χ0) is 34.4. The van der Waals surface area contributed by atoms with E-state index in [0.717, 1.165) is 32.1 Å². The van der Waals surface area contributed by atoms with E-state index < -0.39 is 70.4 Å². The maximum Gasteiger partial charge on any atom is 0.410 e. The lowest BCUT2D eigenvalue weighted by molar-refractivity contribution is -0.160. The lowest BCUT2D eigenvalue weighted by Crippen LogP contribution is -2.61. The lowest BCUT2D eigenvalue weighted by Gasteiger charge is -2.35. The van der Waals surface area contributed by atoms with Crippen LogP contribution < -0.4 is 16.0 Å². The average Bonchev–Trinajstić information content (AvgIpc) is 3.37. The molecule has 1 aliphatic heterocycles. The molecule has 0 spiro atoms. The molecule has 3 rings (SSSR count). The number of ether oxygens (including phenoxy) is 2. The number of aromatic nitrogens is 2. The molecule has 0 unspecified atom stereocenters. The molecule has 3 N–H and O–H groups in total. The highest BCUT2D eigenvalue weighted by Gasteiger charge is 2.46. The Labute approximate surface area is 272 Å². The summed E-state index contributed by atoms with van der Waals surface area (Å²) in [5.41, 5.74) is -2.20. The van der Waals surface area contributed by atoms with Crippen LogP contribution in [-0.2, 0) is 23.9 Å². The summed E-state index contributed by atoms with van der Waals surface area (Å²) in [4.78, 5) is 76.5. The Balaban J connectivity index is 1.83. The maximum atomic E-state index is 14.0. The van der Waals surface area contributed by atoms with E-state index in [1.807, 2.05) is 20.8 Å². The summed E-state index contributed by atoms with van der Waals surface area (Å²) in [6, 6.07) is -2.72. The fraction of sp³-hybridized carbons (Fsp3) is 0.727. The minimum absolute atomic E-state index is 0.000515. The van der Waals surface area contributed by atoms with Crippen LogP contribution in [-0.4, -0.2) is 87.1 Å². The Morgan fingerprint density at radius 2 is 1.46 bits per heavy atom. The van der Waals surface area contributed by atoms with Gasteiger partial charge in [0.05, 0.1) is 18.2 Å². The van der Waals surface area contributed by atoms with Crippen molar-refractivity contribution in [3.8, 4) is 0 Å². The summed E-state index contributed by atoms with van der Waals surface area (Å²) in [6.07, 6.45) is 8.02. The molecule has 1 saturated heterocycles. The normalized spacial score (nSPS) is 20.7. The quantitative estimate of drug-likeness (QED) is 0.359. The first-order valence-corrected chi connectivity index (χ1v) is 16.1. The fourth-order valence-electron chi connectivity index (χ4n) is 5.71. The summed E-state index contributed by atoms with van der Waals surface area (Å²) < 4.78 is 11.2. The number of carbonyl (C=O) groups excluding carboxylic acids is 5. The third kappa shape index (κ3) is 10.7. The highest BCUT2D eigenvalue weighted by molar-refractivity contribution is 5.97. The smallest absolute Gasteiger partial charge is 0.410 e. The Morgan fingerprint density at radius 1 is 0.826 bits per heavy atom. The number of hydrogen-bond acceptors (Lipinski definition) is 9. The van der Waals surface area contributed by atoms with E-state index in [4.69, 9.17) is 9.47 Å².